The van der Waals surface area contributed by atoms with Gasteiger partial charge in [-0.15, -0.1) is 12.4 Å². The molecule has 0 spiro atoms. The zero-order valence-electron chi connectivity index (χ0n) is 11.8. The van der Waals surface area contributed by atoms with Crippen LogP contribution in [0.1, 0.15) is 33.1 Å². The molecule has 0 bridgehead atoms. The maximum absolute atomic E-state index is 12.1. The summed E-state index contributed by atoms with van der Waals surface area (Å²) in [5.41, 5.74) is 5.54. The van der Waals surface area contributed by atoms with Gasteiger partial charge in [0.1, 0.15) is 6.10 Å². The van der Waals surface area contributed by atoms with Crippen molar-refractivity contribution in [2.24, 2.45) is 11.1 Å². The number of ether oxygens (including phenoxy) is 2. The molecule has 19 heavy (non-hydrogen) atoms. The zero-order valence-corrected chi connectivity index (χ0v) is 12.7. The van der Waals surface area contributed by atoms with E-state index < -0.39 is 0 Å². The Balaban J connectivity index is 0.00000180. The smallest absolute Gasteiger partial charge is 0.249 e. The number of hydrogen-bond acceptors (Lipinski definition) is 4. The first-order valence-electron chi connectivity index (χ1n) is 6.67. The number of methoxy groups -OCH3 is 1. The van der Waals surface area contributed by atoms with Gasteiger partial charge in [0.25, 0.3) is 0 Å². The van der Waals surface area contributed by atoms with Gasteiger partial charge in [0, 0.05) is 25.1 Å². The van der Waals surface area contributed by atoms with E-state index in [1.54, 1.807) is 7.11 Å². The van der Waals surface area contributed by atoms with Crippen molar-refractivity contribution < 1.29 is 14.3 Å². The molecule has 3 N–H and O–H groups in total. The maximum Gasteiger partial charge on any atom is 0.249 e. The summed E-state index contributed by atoms with van der Waals surface area (Å²) in [5.74, 6) is -0.00132. The quantitative estimate of drug-likeness (QED) is 0.805. The van der Waals surface area contributed by atoms with Gasteiger partial charge in [-0.3, -0.25) is 4.79 Å². The van der Waals surface area contributed by atoms with Crippen molar-refractivity contribution in [3.8, 4) is 0 Å². The summed E-state index contributed by atoms with van der Waals surface area (Å²) >= 11 is 0. The van der Waals surface area contributed by atoms with Crippen LogP contribution in [-0.2, 0) is 14.3 Å². The molecule has 4 atom stereocenters. The molecule has 112 valence electrons. The topological polar surface area (TPSA) is 73.6 Å². The van der Waals surface area contributed by atoms with Gasteiger partial charge in [-0.2, -0.15) is 0 Å². The van der Waals surface area contributed by atoms with Crippen LogP contribution >= 0.6 is 12.4 Å². The second kappa shape index (κ2) is 6.39. The van der Waals surface area contributed by atoms with Crippen molar-refractivity contribution in [3.63, 3.8) is 0 Å². The molecule has 1 aliphatic heterocycles. The minimum Gasteiger partial charge on any atom is -0.381 e. The molecule has 5 nitrogen and oxygen atoms in total. The molecule has 0 aromatic heterocycles. The zero-order chi connectivity index (χ0) is 13.3. The number of nitrogens with one attached hydrogen (secondary N) is 1. The normalized spacial score (nSPS) is 36.2. The van der Waals surface area contributed by atoms with E-state index >= 15 is 0 Å². The number of halogens is 1. The van der Waals surface area contributed by atoms with E-state index in [9.17, 15) is 4.79 Å². The Hall–Kier alpha value is -0.360. The van der Waals surface area contributed by atoms with Gasteiger partial charge in [-0.1, -0.05) is 13.8 Å². The Morgan fingerprint density at radius 1 is 1.47 bits per heavy atom. The molecular weight excluding hydrogens is 268 g/mol. The number of hydrogen-bond donors (Lipinski definition) is 2. The molecule has 1 amide bonds. The summed E-state index contributed by atoms with van der Waals surface area (Å²) in [6.45, 7) is 4.73. The highest BCUT2D eigenvalue weighted by Crippen LogP contribution is 2.42. The van der Waals surface area contributed by atoms with Crippen molar-refractivity contribution in [1.82, 2.24) is 5.32 Å². The van der Waals surface area contributed by atoms with Crippen LogP contribution in [-0.4, -0.2) is 43.9 Å². The van der Waals surface area contributed by atoms with Crippen molar-refractivity contribution in [2.45, 2.75) is 57.5 Å². The average Bonchev–Trinajstić information content (AvgIpc) is 2.82. The van der Waals surface area contributed by atoms with Crippen molar-refractivity contribution >= 4 is 18.3 Å². The fraction of sp³-hybridized carbons (Fsp3) is 0.923. The van der Waals surface area contributed by atoms with E-state index in [1.165, 1.54) is 0 Å². The molecule has 0 aromatic carbocycles. The third-order valence-electron chi connectivity index (χ3n) is 4.44. The summed E-state index contributed by atoms with van der Waals surface area (Å²) in [6.07, 6.45) is 2.47. The lowest BCUT2D eigenvalue weighted by Gasteiger charge is -2.51. The highest BCUT2D eigenvalue weighted by atomic mass is 35.5. The largest absolute Gasteiger partial charge is 0.381 e. The van der Waals surface area contributed by atoms with Crippen molar-refractivity contribution in [1.29, 1.82) is 0 Å². The summed E-state index contributed by atoms with van der Waals surface area (Å²) < 4.78 is 11.0. The number of carbonyl (C=O) groups is 1. The van der Waals surface area contributed by atoms with E-state index in [0.29, 0.717) is 6.54 Å². The lowest BCUT2D eigenvalue weighted by Crippen LogP contribution is -2.62. The van der Waals surface area contributed by atoms with Crippen LogP contribution in [0, 0.1) is 5.41 Å². The van der Waals surface area contributed by atoms with E-state index in [2.05, 4.69) is 19.2 Å². The third-order valence-corrected chi connectivity index (χ3v) is 4.44. The standard InChI is InChI=1S/C13H24N2O3.ClH/c1-13(2)10(6-11(13)17-3)15-12(16)9-5-4-8(7-14)18-9;/h8-11H,4-7,14H2,1-3H3,(H,15,16);1H/t8-,9+,10?,11?;/m1./s1. The van der Waals surface area contributed by atoms with Crippen molar-refractivity contribution in [3.05, 3.63) is 0 Å². The van der Waals surface area contributed by atoms with Crippen LogP contribution in [0.3, 0.4) is 0 Å². The van der Waals surface area contributed by atoms with E-state index in [1.807, 2.05) is 0 Å². The SMILES string of the molecule is COC1CC(NC(=O)[C@@H]2CC[C@H](CN)O2)C1(C)C.Cl. The average molecular weight is 293 g/mol. The summed E-state index contributed by atoms with van der Waals surface area (Å²) in [6, 6.07) is 0.176. The molecule has 0 aromatic rings. The Morgan fingerprint density at radius 2 is 2.16 bits per heavy atom. The first kappa shape index (κ1) is 16.7. The number of amides is 1. The summed E-state index contributed by atoms with van der Waals surface area (Å²) in [5, 5.41) is 3.07. The summed E-state index contributed by atoms with van der Waals surface area (Å²) in [7, 11) is 1.72. The highest BCUT2D eigenvalue weighted by Gasteiger charge is 2.49. The first-order valence-corrected chi connectivity index (χ1v) is 6.67. The van der Waals surface area contributed by atoms with Gasteiger partial charge < -0.3 is 20.5 Å². The van der Waals surface area contributed by atoms with Gasteiger partial charge >= 0.3 is 0 Å². The minimum atomic E-state index is -0.323. The lowest BCUT2D eigenvalue weighted by molar-refractivity contribution is -0.142. The molecule has 0 radical (unpaired) electrons. The monoisotopic (exact) mass is 292 g/mol. The second-order valence-electron chi connectivity index (χ2n) is 5.90. The third kappa shape index (κ3) is 3.21. The van der Waals surface area contributed by atoms with Crippen LogP contribution < -0.4 is 11.1 Å². The number of carbonyl (C=O) groups excluding carboxylic acids is 1. The second-order valence-corrected chi connectivity index (χ2v) is 5.90. The molecule has 1 saturated heterocycles. The Morgan fingerprint density at radius 3 is 2.63 bits per heavy atom. The Labute approximate surface area is 121 Å². The molecule has 1 heterocycles. The molecule has 2 unspecified atom stereocenters. The fourth-order valence-electron chi connectivity index (χ4n) is 2.87. The molecule has 1 aliphatic carbocycles. The van der Waals surface area contributed by atoms with Crippen LogP contribution in [0.4, 0.5) is 0 Å². The van der Waals surface area contributed by atoms with Gasteiger partial charge in [-0.05, 0) is 19.3 Å². The first-order chi connectivity index (χ1) is 8.48. The Kier molecular flexibility index (Phi) is 5.62. The molecule has 2 fully saturated rings. The van der Waals surface area contributed by atoms with E-state index in [-0.39, 0.29) is 48.1 Å². The van der Waals surface area contributed by atoms with Crippen LogP contribution in [0.15, 0.2) is 0 Å². The predicted molar refractivity (Wildman–Crippen MR) is 75.3 cm³/mol. The van der Waals surface area contributed by atoms with E-state index in [4.69, 9.17) is 15.2 Å². The predicted octanol–water partition coefficient (Wildman–Crippen LogP) is 0.844. The highest BCUT2D eigenvalue weighted by molar-refractivity contribution is 5.85. The van der Waals surface area contributed by atoms with Crippen LogP contribution in [0.5, 0.6) is 0 Å². The number of nitrogens with two attached hydrogens (primary N) is 1. The van der Waals surface area contributed by atoms with Gasteiger partial charge in [0.2, 0.25) is 5.91 Å². The Bertz CT molecular complexity index is 325. The summed E-state index contributed by atoms with van der Waals surface area (Å²) in [4.78, 5) is 12.1. The van der Waals surface area contributed by atoms with Crippen LogP contribution in [0.25, 0.3) is 0 Å². The van der Waals surface area contributed by atoms with Crippen LogP contribution in [0.2, 0.25) is 0 Å². The van der Waals surface area contributed by atoms with Gasteiger partial charge in [-0.25, -0.2) is 0 Å². The lowest BCUT2D eigenvalue weighted by atomic mass is 9.64. The molecule has 1 saturated carbocycles. The van der Waals surface area contributed by atoms with Gasteiger partial charge in [0.05, 0.1) is 12.2 Å². The maximum atomic E-state index is 12.1. The van der Waals surface area contributed by atoms with Crippen molar-refractivity contribution in [2.75, 3.05) is 13.7 Å². The fourth-order valence-corrected chi connectivity index (χ4v) is 2.87. The number of rotatable bonds is 4. The molecule has 6 heteroatoms. The minimum absolute atomic E-state index is 0. The van der Waals surface area contributed by atoms with E-state index in [0.717, 1.165) is 19.3 Å². The molecular formula is C13H25ClN2O3. The molecule has 2 aliphatic rings. The molecule has 2 rings (SSSR count). The van der Waals surface area contributed by atoms with Gasteiger partial charge in [0.15, 0.2) is 0 Å².